The number of rotatable bonds is 9. The van der Waals surface area contributed by atoms with Gasteiger partial charge in [-0.05, 0) is 100 Å². The molecule has 0 aliphatic carbocycles. The summed E-state index contributed by atoms with van der Waals surface area (Å²) < 4.78 is 41.6. The van der Waals surface area contributed by atoms with E-state index in [1.807, 2.05) is 26.1 Å². The zero-order valence-corrected chi connectivity index (χ0v) is 28.5. The van der Waals surface area contributed by atoms with Crippen LogP contribution < -0.4 is 9.46 Å². The molecule has 46 heavy (non-hydrogen) atoms. The number of pyridine rings is 1. The zero-order chi connectivity index (χ0) is 33.3. The molecule has 10 nitrogen and oxygen atoms in total. The summed E-state index contributed by atoms with van der Waals surface area (Å²) in [6.45, 7) is 7.80. The second kappa shape index (κ2) is 16.6. The first-order valence-electron chi connectivity index (χ1n) is 15.7. The number of carbonyl (C=O) groups is 1. The van der Waals surface area contributed by atoms with E-state index in [4.69, 9.17) is 21.1 Å². The maximum atomic E-state index is 14.3. The fraction of sp³-hybridized carbons (Fsp3) is 0.471. The Morgan fingerprint density at radius 3 is 2.52 bits per heavy atom. The third-order valence-corrected chi connectivity index (χ3v) is 9.77. The number of nitrogens with zero attached hydrogens (tertiary/aromatic N) is 3. The molecular formula is C34H45ClN4O6S. The summed E-state index contributed by atoms with van der Waals surface area (Å²) in [5.74, 6) is -0.101. The summed E-state index contributed by atoms with van der Waals surface area (Å²) in [5.41, 5.74) is 1.56. The molecule has 250 valence electrons. The minimum absolute atomic E-state index is 0.0393. The van der Waals surface area contributed by atoms with Crippen LogP contribution in [0.2, 0.25) is 5.02 Å². The number of ether oxygens (including phenoxy) is 2. The number of sulfonamides is 1. The van der Waals surface area contributed by atoms with Gasteiger partial charge in [0.05, 0.1) is 35.3 Å². The van der Waals surface area contributed by atoms with Gasteiger partial charge < -0.3 is 19.5 Å². The van der Waals surface area contributed by atoms with Gasteiger partial charge in [-0.3, -0.25) is 19.4 Å². The Labute approximate surface area is 277 Å². The summed E-state index contributed by atoms with van der Waals surface area (Å²) >= 11 is 5.95. The topological polar surface area (TPSA) is 121 Å². The number of halogens is 1. The number of amides is 1. The SMILES string of the molecule is C[C@H]1CCCCO[C@H](CN(C)Cc2ccncc2)[C@@H](C)CN([C@@H](C)CO)C(=O)c2cc(NS(=O)(=O)c3ccc(Cl)cc3)ccc2O1. The highest BCUT2D eigenvalue weighted by atomic mass is 35.5. The monoisotopic (exact) mass is 672 g/mol. The molecule has 0 unspecified atom stereocenters. The number of carbonyl (C=O) groups excluding carboxylic acids is 1. The predicted octanol–water partition coefficient (Wildman–Crippen LogP) is 5.46. The quantitative estimate of drug-likeness (QED) is 0.307. The number of hydrogen-bond donors (Lipinski definition) is 2. The first-order valence-corrected chi connectivity index (χ1v) is 17.5. The third kappa shape index (κ3) is 9.89. The van der Waals surface area contributed by atoms with Crippen LogP contribution in [0.5, 0.6) is 5.75 Å². The molecule has 1 amide bonds. The Morgan fingerprint density at radius 1 is 1.11 bits per heavy atom. The Hall–Kier alpha value is -3.22. The van der Waals surface area contributed by atoms with Gasteiger partial charge in [0.1, 0.15) is 5.75 Å². The highest BCUT2D eigenvalue weighted by molar-refractivity contribution is 7.92. The molecule has 0 radical (unpaired) electrons. The van der Waals surface area contributed by atoms with Gasteiger partial charge in [-0.2, -0.15) is 0 Å². The van der Waals surface area contributed by atoms with Crippen LogP contribution >= 0.6 is 11.6 Å². The molecule has 2 heterocycles. The van der Waals surface area contributed by atoms with Crippen molar-refractivity contribution in [2.45, 2.75) is 69.7 Å². The Kier molecular flexibility index (Phi) is 12.8. The zero-order valence-electron chi connectivity index (χ0n) is 26.9. The molecule has 0 bridgehead atoms. The number of aromatic nitrogens is 1. The van der Waals surface area contributed by atoms with Gasteiger partial charge >= 0.3 is 0 Å². The van der Waals surface area contributed by atoms with E-state index in [1.54, 1.807) is 36.4 Å². The number of aliphatic hydroxyl groups excluding tert-OH is 1. The molecule has 1 aliphatic rings. The molecule has 3 aromatic rings. The molecule has 0 saturated heterocycles. The summed E-state index contributed by atoms with van der Waals surface area (Å²) in [4.78, 5) is 22.3. The lowest BCUT2D eigenvalue weighted by Gasteiger charge is -2.36. The van der Waals surface area contributed by atoms with Crippen molar-refractivity contribution in [3.8, 4) is 5.75 Å². The van der Waals surface area contributed by atoms with E-state index in [0.717, 1.165) is 31.4 Å². The van der Waals surface area contributed by atoms with Gasteiger partial charge in [0.15, 0.2) is 0 Å². The van der Waals surface area contributed by atoms with Crippen molar-refractivity contribution in [2.24, 2.45) is 5.92 Å². The largest absolute Gasteiger partial charge is 0.490 e. The summed E-state index contributed by atoms with van der Waals surface area (Å²) in [7, 11) is -1.91. The van der Waals surface area contributed by atoms with Crippen molar-refractivity contribution in [1.82, 2.24) is 14.8 Å². The number of anilines is 1. The molecule has 1 aliphatic heterocycles. The van der Waals surface area contributed by atoms with Crippen LogP contribution in [0.1, 0.15) is 56.0 Å². The van der Waals surface area contributed by atoms with Gasteiger partial charge in [0.2, 0.25) is 0 Å². The number of fused-ring (bicyclic) bond motifs is 1. The van der Waals surface area contributed by atoms with Crippen molar-refractivity contribution in [3.05, 3.63) is 83.1 Å². The fourth-order valence-electron chi connectivity index (χ4n) is 5.45. The summed E-state index contributed by atoms with van der Waals surface area (Å²) in [6, 6.07) is 14.0. The molecule has 0 saturated carbocycles. The molecule has 2 N–H and O–H groups in total. The first kappa shape index (κ1) is 35.6. The van der Waals surface area contributed by atoms with E-state index >= 15 is 0 Å². The maximum absolute atomic E-state index is 14.3. The summed E-state index contributed by atoms with van der Waals surface area (Å²) in [6.07, 6.45) is 5.67. The van der Waals surface area contributed by atoms with Crippen molar-refractivity contribution < 1.29 is 27.8 Å². The molecule has 2 aromatic carbocycles. The number of likely N-dealkylation sites (N-methyl/N-ethyl adjacent to an activating group) is 1. The third-order valence-electron chi connectivity index (χ3n) is 8.12. The van der Waals surface area contributed by atoms with Crippen LogP contribution in [-0.4, -0.2) is 85.8 Å². The molecular weight excluding hydrogens is 628 g/mol. The lowest BCUT2D eigenvalue weighted by molar-refractivity contribution is -0.0177. The molecule has 4 atom stereocenters. The van der Waals surface area contributed by atoms with E-state index < -0.39 is 16.1 Å². The lowest BCUT2D eigenvalue weighted by Crippen LogP contribution is -2.47. The average Bonchev–Trinajstić information content (AvgIpc) is 3.03. The normalized spacial score (nSPS) is 20.8. The van der Waals surface area contributed by atoms with Gasteiger partial charge in [0, 0.05) is 55.3 Å². The van der Waals surface area contributed by atoms with Crippen LogP contribution in [0.4, 0.5) is 5.69 Å². The van der Waals surface area contributed by atoms with Crippen LogP contribution in [0.25, 0.3) is 0 Å². The van der Waals surface area contributed by atoms with Crippen LogP contribution in [0.15, 0.2) is 71.9 Å². The van der Waals surface area contributed by atoms with Crippen LogP contribution in [0.3, 0.4) is 0 Å². The number of benzene rings is 2. The van der Waals surface area contributed by atoms with Crippen molar-refractivity contribution in [2.75, 3.05) is 38.1 Å². The Morgan fingerprint density at radius 2 is 1.83 bits per heavy atom. The molecule has 0 spiro atoms. The van der Waals surface area contributed by atoms with Gasteiger partial charge in [-0.1, -0.05) is 18.5 Å². The number of hydrogen-bond acceptors (Lipinski definition) is 8. The average molecular weight is 673 g/mol. The fourth-order valence-corrected chi connectivity index (χ4v) is 6.62. The molecule has 0 fully saturated rings. The van der Waals surface area contributed by atoms with E-state index in [0.29, 0.717) is 30.5 Å². The highest BCUT2D eigenvalue weighted by Crippen LogP contribution is 2.30. The smallest absolute Gasteiger partial charge is 0.261 e. The predicted molar refractivity (Wildman–Crippen MR) is 180 cm³/mol. The van der Waals surface area contributed by atoms with E-state index in [2.05, 4.69) is 21.5 Å². The van der Waals surface area contributed by atoms with E-state index in [9.17, 15) is 18.3 Å². The molecule has 1 aromatic heterocycles. The molecule has 12 heteroatoms. The summed E-state index contributed by atoms with van der Waals surface area (Å²) in [5, 5.41) is 10.6. The Balaban J connectivity index is 1.64. The van der Waals surface area contributed by atoms with Crippen molar-refractivity contribution in [3.63, 3.8) is 0 Å². The second-order valence-corrected chi connectivity index (χ2v) is 14.2. The molecule has 4 rings (SSSR count). The van der Waals surface area contributed by atoms with E-state index in [1.165, 1.54) is 30.3 Å². The van der Waals surface area contributed by atoms with E-state index in [-0.39, 0.29) is 46.8 Å². The second-order valence-electron chi connectivity index (χ2n) is 12.1. The Bertz CT molecular complexity index is 1530. The maximum Gasteiger partial charge on any atom is 0.261 e. The van der Waals surface area contributed by atoms with Gasteiger partial charge in [-0.25, -0.2) is 8.42 Å². The van der Waals surface area contributed by atoms with Crippen molar-refractivity contribution in [1.29, 1.82) is 0 Å². The number of nitrogens with one attached hydrogen (secondary N) is 1. The minimum Gasteiger partial charge on any atom is -0.490 e. The standard InChI is InChI=1S/C34H45ClN4O6S/c1-24-20-39(25(2)23-40)34(41)31-19-29(37-46(42,43)30-11-8-28(35)9-12-30)10-13-32(31)45-26(3)7-5-6-18-44-33(24)22-38(4)21-27-14-16-36-17-15-27/h8-17,19,24-26,33,37,40H,5-7,18,20-23H2,1-4H3/t24-,25-,26-,33+/m0/s1. The van der Waals surface area contributed by atoms with Gasteiger partial charge in [0.25, 0.3) is 15.9 Å². The highest BCUT2D eigenvalue weighted by Gasteiger charge is 2.30. The minimum atomic E-state index is -3.96. The lowest BCUT2D eigenvalue weighted by atomic mass is 10.0. The van der Waals surface area contributed by atoms with Gasteiger partial charge in [-0.15, -0.1) is 0 Å². The first-order chi connectivity index (χ1) is 22.0. The van der Waals surface area contributed by atoms with Crippen LogP contribution in [0, 0.1) is 5.92 Å². The number of aliphatic hydroxyl groups is 1. The van der Waals surface area contributed by atoms with Crippen LogP contribution in [-0.2, 0) is 21.3 Å². The van der Waals surface area contributed by atoms with Crippen molar-refractivity contribution >= 4 is 33.2 Å².